The molecule has 0 amide bonds. The summed E-state index contributed by atoms with van der Waals surface area (Å²) in [6, 6.07) is 10.5. The summed E-state index contributed by atoms with van der Waals surface area (Å²) in [5.74, 6) is 0.414. The third kappa shape index (κ3) is 3.80. The van der Waals surface area contributed by atoms with Gasteiger partial charge >= 0.3 is 0 Å². The molecule has 2 rings (SSSR count). The van der Waals surface area contributed by atoms with Crippen LogP contribution in [0.25, 0.3) is 0 Å². The van der Waals surface area contributed by atoms with Crippen molar-refractivity contribution < 1.29 is 5.11 Å². The smallest absolute Gasteiger partial charge is 0.0707 e. The molecule has 1 aliphatic rings. The molecule has 1 heterocycles. The molecule has 0 radical (unpaired) electrons. The molecule has 1 saturated heterocycles. The van der Waals surface area contributed by atoms with Gasteiger partial charge in [0, 0.05) is 19.6 Å². The van der Waals surface area contributed by atoms with Gasteiger partial charge in [0.05, 0.1) is 6.10 Å². The molecule has 3 heteroatoms. The molecule has 18 heavy (non-hydrogen) atoms. The Morgan fingerprint density at radius 3 is 2.78 bits per heavy atom. The minimum Gasteiger partial charge on any atom is -0.391 e. The van der Waals surface area contributed by atoms with Crippen LogP contribution in [0.2, 0.25) is 0 Å². The summed E-state index contributed by atoms with van der Waals surface area (Å²) in [7, 11) is 0. The second kappa shape index (κ2) is 6.88. The summed E-state index contributed by atoms with van der Waals surface area (Å²) in [5, 5.41) is 13.5. The Hall–Kier alpha value is -0.900. The van der Waals surface area contributed by atoms with E-state index in [1.165, 1.54) is 5.56 Å². The van der Waals surface area contributed by atoms with Gasteiger partial charge in [-0.05, 0) is 31.0 Å². The summed E-state index contributed by atoms with van der Waals surface area (Å²) in [4.78, 5) is 2.35. The number of rotatable bonds is 5. The minimum absolute atomic E-state index is 0.193. The number of hydrogen-bond donors (Lipinski definition) is 2. The quantitative estimate of drug-likeness (QED) is 0.828. The van der Waals surface area contributed by atoms with E-state index in [0.717, 1.165) is 39.1 Å². The number of aliphatic hydroxyl groups excluding tert-OH is 1. The Labute approximate surface area is 110 Å². The van der Waals surface area contributed by atoms with E-state index >= 15 is 0 Å². The highest BCUT2D eigenvalue weighted by molar-refractivity contribution is 5.14. The van der Waals surface area contributed by atoms with Crippen molar-refractivity contribution in [2.24, 2.45) is 5.92 Å². The fourth-order valence-corrected chi connectivity index (χ4v) is 2.60. The number of β-amino-alcohol motifs (C(OH)–C–C–N with tert-alkyl or cyclic N) is 1. The van der Waals surface area contributed by atoms with Crippen molar-refractivity contribution >= 4 is 0 Å². The van der Waals surface area contributed by atoms with Crippen molar-refractivity contribution in [3.63, 3.8) is 0 Å². The predicted molar refractivity (Wildman–Crippen MR) is 74.4 cm³/mol. The summed E-state index contributed by atoms with van der Waals surface area (Å²) >= 11 is 0. The average Bonchev–Trinajstić information content (AvgIpc) is 2.39. The highest BCUT2D eigenvalue weighted by Crippen LogP contribution is 2.19. The number of aliphatic hydroxyl groups is 1. The van der Waals surface area contributed by atoms with Crippen LogP contribution in [0.4, 0.5) is 0 Å². The van der Waals surface area contributed by atoms with Gasteiger partial charge in [0.15, 0.2) is 0 Å². The van der Waals surface area contributed by atoms with Crippen LogP contribution in [0.15, 0.2) is 30.3 Å². The molecule has 0 saturated carbocycles. The van der Waals surface area contributed by atoms with E-state index in [0.29, 0.717) is 5.92 Å². The van der Waals surface area contributed by atoms with Gasteiger partial charge in [0.2, 0.25) is 0 Å². The third-order valence-electron chi connectivity index (χ3n) is 3.71. The van der Waals surface area contributed by atoms with Crippen LogP contribution in [-0.4, -0.2) is 42.3 Å². The lowest BCUT2D eigenvalue weighted by Gasteiger charge is -2.36. The molecule has 100 valence electrons. The molecule has 0 spiro atoms. The zero-order valence-electron chi connectivity index (χ0n) is 11.2. The van der Waals surface area contributed by atoms with Crippen LogP contribution < -0.4 is 5.32 Å². The highest BCUT2D eigenvalue weighted by atomic mass is 16.3. The first-order valence-corrected chi connectivity index (χ1v) is 6.94. The second-order valence-electron chi connectivity index (χ2n) is 5.14. The number of hydrogen-bond acceptors (Lipinski definition) is 3. The van der Waals surface area contributed by atoms with E-state index in [1.54, 1.807) is 0 Å². The van der Waals surface area contributed by atoms with E-state index in [4.69, 9.17) is 0 Å². The predicted octanol–water partition coefficient (Wildman–Crippen LogP) is 1.48. The van der Waals surface area contributed by atoms with Gasteiger partial charge in [-0.2, -0.15) is 0 Å². The Kier molecular flexibility index (Phi) is 5.17. The first-order chi connectivity index (χ1) is 8.79. The number of benzene rings is 1. The van der Waals surface area contributed by atoms with Gasteiger partial charge < -0.3 is 10.4 Å². The van der Waals surface area contributed by atoms with Gasteiger partial charge in [-0.3, -0.25) is 4.90 Å². The molecule has 0 aliphatic carbocycles. The Bertz CT molecular complexity index is 342. The third-order valence-corrected chi connectivity index (χ3v) is 3.71. The van der Waals surface area contributed by atoms with Crippen molar-refractivity contribution in [3.05, 3.63) is 35.9 Å². The lowest BCUT2D eigenvalue weighted by atomic mass is 9.93. The first-order valence-electron chi connectivity index (χ1n) is 6.94. The molecule has 1 aliphatic heterocycles. The van der Waals surface area contributed by atoms with Crippen molar-refractivity contribution in [2.45, 2.75) is 26.0 Å². The molecular weight excluding hydrogens is 224 g/mol. The van der Waals surface area contributed by atoms with Crippen LogP contribution >= 0.6 is 0 Å². The fourth-order valence-electron chi connectivity index (χ4n) is 2.60. The van der Waals surface area contributed by atoms with Crippen molar-refractivity contribution in [1.29, 1.82) is 0 Å². The monoisotopic (exact) mass is 248 g/mol. The summed E-state index contributed by atoms with van der Waals surface area (Å²) in [6.45, 7) is 6.86. The Morgan fingerprint density at radius 2 is 2.11 bits per heavy atom. The zero-order valence-corrected chi connectivity index (χ0v) is 11.2. The lowest BCUT2D eigenvalue weighted by molar-refractivity contribution is 0.0191. The minimum atomic E-state index is -0.193. The Morgan fingerprint density at radius 1 is 1.33 bits per heavy atom. The average molecular weight is 248 g/mol. The van der Waals surface area contributed by atoms with E-state index in [-0.39, 0.29) is 6.10 Å². The summed E-state index contributed by atoms with van der Waals surface area (Å²) in [5.41, 5.74) is 1.33. The van der Waals surface area contributed by atoms with E-state index < -0.39 is 0 Å². The molecule has 2 N–H and O–H groups in total. The van der Waals surface area contributed by atoms with Gasteiger partial charge in [0.1, 0.15) is 0 Å². The molecule has 0 aromatic heterocycles. The molecule has 1 aromatic rings. The van der Waals surface area contributed by atoms with Crippen molar-refractivity contribution in [1.82, 2.24) is 10.2 Å². The first kappa shape index (κ1) is 13.5. The standard InChI is InChI=1S/C15H24N2O/c1-2-16-10-14-8-9-17(12-15(14)18)11-13-6-4-3-5-7-13/h3-7,14-16,18H,2,8-12H2,1H3/t14-,15+/m1/s1. The second-order valence-corrected chi connectivity index (χ2v) is 5.14. The number of nitrogens with one attached hydrogen (secondary N) is 1. The topological polar surface area (TPSA) is 35.5 Å². The van der Waals surface area contributed by atoms with Gasteiger partial charge in [0.25, 0.3) is 0 Å². The normalized spacial score (nSPS) is 25.2. The number of nitrogens with zero attached hydrogens (tertiary/aromatic N) is 1. The molecule has 0 unspecified atom stereocenters. The summed E-state index contributed by atoms with van der Waals surface area (Å²) in [6.07, 6.45) is 0.891. The van der Waals surface area contributed by atoms with E-state index in [1.807, 2.05) is 6.07 Å². The van der Waals surface area contributed by atoms with E-state index in [2.05, 4.69) is 41.4 Å². The fraction of sp³-hybridized carbons (Fsp3) is 0.600. The largest absolute Gasteiger partial charge is 0.391 e. The SMILES string of the molecule is CCNC[C@H]1CCN(Cc2ccccc2)C[C@@H]1O. The van der Waals surface area contributed by atoms with Gasteiger partial charge in [-0.1, -0.05) is 37.3 Å². The molecule has 1 fully saturated rings. The maximum atomic E-state index is 10.2. The summed E-state index contributed by atoms with van der Waals surface area (Å²) < 4.78 is 0. The Balaban J connectivity index is 1.81. The zero-order chi connectivity index (χ0) is 12.8. The van der Waals surface area contributed by atoms with E-state index in [9.17, 15) is 5.11 Å². The van der Waals surface area contributed by atoms with Gasteiger partial charge in [-0.25, -0.2) is 0 Å². The molecule has 0 bridgehead atoms. The maximum absolute atomic E-state index is 10.2. The molecule has 3 nitrogen and oxygen atoms in total. The maximum Gasteiger partial charge on any atom is 0.0707 e. The number of likely N-dealkylation sites (tertiary alicyclic amines) is 1. The lowest BCUT2D eigenvalue weighted by Crippen LogP contribution is -2.46. The van der Waals surface area contributed by atoms with Crippen LogP contribution in [0, 0.1) is 5.92 Å². The highest BCUT2D eigenvalue weighted by Gasteiger charge is 2.26. The van der Waals surface area contributed by atoms with Crippen LogP contribution in [0.1, 0.15) is 18.9 Å². The van der Waals surface area contributed by atoms with Gasteiger partial charge in [-0.15, -0.1) is 0 Å². The molecular formula is C15H24N2O. The van der Waals surface area contributed by atoms with Crippen molar-refractivity contribution in [2.75, 3.05) is 26.2 Å². The van der Waals surface area contributed by atoms with Crippen LogP contribution in [0.5, 0.6) is 0 Å². The van der Waals surface area contributed by atoms with Crippen LogP contribution in [0.3, 0.4) is 0 Å². The van der Waals surface area contributed by atoms with Crippen molar-refractivity contribution in [3.8, 4) is 0 Å². The molecule has 1 aromatic carbocycles. The van der Waals surface area contributed by atoms with Crippen LogP contribution in [-0.2, 0) is 6.54 Å². The number of piperidine rings is 1. The molecule has 2 atom stereocenters.